The minimum atomic E-state index is 0.639. The number of aldehydes is 1. The summed E-state index contributed by atoms with van der Waals surface area (Å²) in [6.07, 6.45) is 0.807. The third-order valence-corrected chi connectivity index (χ3v) is 3.79. The molecule has 0 fully saturated rings. The van der Waals surface area contributed by atoms with Gasteiger partial charge in [0.15, 0.2) is 6.29 Å². The molecule has 0 aliphatic rings. The molecule has 0 aliphatic heterocycles. The van der Waals surface area contributed by atoms with Gasteiger partial charge in [-0.25, -0.2) is 0 Å². The lowest BCUT2D eigenvalue weighted by atomic mass is 10.3. The summed E-state index contributed by atoms with van der Waals surface area (Å²) in [5.74, 6) is 0. The van der Waals surface area contributed by atoms with E-state index >= 15 is 0 Å². The standard InChI is InChI=1S/C6H4BrClOS/c1-3-4(2-9)5(7)6(8)10-3/h2H,1H3. The molecule has 0 aromatic carbocycles. The number of thiophene rings is 1. The molecule has 0 atom stereocenters. The van der Waals surface area contributed by atoms with Gasteiger partial charge in [-0.05, 0) is 22.9 Å². The molecule has 0 saturated carbocycles. The highest BCUT2D eigenvalue weighted by Gasteiger charge is 2.09. The molecule has 1 aromatic rings. The van der Waals surface area contributed by atoms with Gasteiger partial charge in [0.05, 0.1) is 4.47 Å². The quantitative estimate of drug-likeness (QED) is 0.687. The summed E-state index contributed by atoms with van der Waals surface area (Å²) in [7, 11) is 0. The Morgan fingerprint density at radius 3 is 2.50 bits per heavy atom. The van der Waals surface area contributed by atoms with Gasteiger partial charge in [0.2, 0.25) is 0 Å². The van der Waals surface area contributed by atoms with E-state index in [2.05, 4.69) is 15.9 Å². The van der Waals surface area contributed by atoms with Crippen LogP contribution in [-0.4, -0.2) is 6.29 Å². The maximum absolute atomic E-state index is 10.4. The van der Waals surface area contributed by atoms with Crippen LogP contribution in [0.4, 0.5) is 0 Å². The molecule has 54 valence electrons. The molecule has 0 aliphatic carbocycles. The van der Waals surface area contributed by atoms with Crippen LogP contribution in [0, 0.1) is 6.92 Å². The van der Waals surface area contributed by atoms with E-state index in [0.717, 1.165) is 11.2 Å². The van der Waals surface area contributed by atoms with Crippen LogP contribution in [0.1, 0.15) is 15.2 Å². The monoisotopic (exact) mass is 238 g/mol. The summed E-state index contributed by atoms with van der Waals surface area (Å²) in [4.78, 5) is 11.3. The van der Waals surface area contributed by atoms with E-state index in [9.17, 15) is 4.79 Å². The summed E-state index contributed by atoms with van der Waals surface area (Å²) >= 11 is 10.3. The van der Waals surface area contributed by atoms with Crippen LogP contribution in [0.15, 0.2) is 4.47 Å². The van der Waals surface area contributed by atoms with Gasteiger partial charge >= 0.3 is 0 Å². The highest BCUT2D eigenvalue weighted by atomic mass is 79.9. The Balaban J connectivity index is 3.33. The summed E-state index contributed by atoms with van der Waals surface area (Å²) in [6.45, 7) is 1.87. The second-order valence-electron chi connectivity index (χ2n) is 1.78. The average molecular weight is 240 g/mol. The summed E-state index contributed by atoms with van der Waals surface area (Å²) in [5.41, 5.74) is 0.662. The fourth-order valence-electron chi connectivity index (χ4n) is 0.629. The third-order valence-electron chi connectivity index (χ3n) is 1.15. The van der Waals surface area contributed by atoms with Crippen LogP contribution >= 0.6 is 38.9 Å². The SMILES string of the molecule is Cc1sc(Cl)c(Br)c1C=O. The maximum atomic E-state index is 10.4. The fraction of sp³-hybridized carbons (Fsp3) is 0.167. The van der Waals surface area contributed by atoms with Crippen LogP contribution in [0.3, 0.4) is 0 Å². The fourth-order valence-corrected chi connectivity index (χ4v) is 2.57. The highest BCUT2D eigenvalue weighted by Crippen LogP contribution is 2.35. The summed E-state index contributed by atoms with van der Waals surface area (Å²) in [6, 6.07) is 0. The van der Waals surface area contributed by atoms with Gasteiger partial charge in [-0.15, -0.1) is 11.3 Å². The molecule has 0 unspecified atom stereocenters. The Hall–Kier alpha value is 0.140. The Morgan fingerprint density at radius 2 is 2.30 bits per heavy atom. The van der Waals surface area contributed by atoms with E-state index in [1.807, 2.05) is 6.92 Å². The normalized spacial score (nSPS) is 9.90. The van der Waals surface area contributed by atoms with E-state index in [1.165, 1.54) is 11.3 Å². The zero-order valence-electron chi connectivity index (χ0n) is 5.15. The van der Waals surface area contributed by atoms with E-state index in [1.54, 1.807) is 0 Å². The zero-order valence-corrected chi connectivity index (χ0v) is 8.31. The first kappa shape index (κ1) is 8.24. The summed E-state index contributed by atoms with van der Waals surface area (Å²) < 4.78 is 1.35. The molecule has 0 N–H and O–H groups in total. The largest absolute Gasteiger partial charge is 0.298 e. The lowest BCUT2D eigenvalue weighted by molar-refractivity contribution is 0.112. The number of halogens is 2. The van der Waals surface area contributed by atoms with Gasteiger partial charge in [-0.3, -0.25) is 4.79 Å². The molecule has 0 radical (unpaired) electrons. The van der Waals surface area contributed by atoms with Crippen molar-refractivity contribution in [1.29, 1.82) is 0 Å². The maximum Gasteiger partial charge on any atom is 0.152 e. The van der Waals surface area contributed by atoms with Crippen LogP contribution in [0.2, 0.25) is 4.34 Å². The van der Waals surface area contributed by atoms with Gasteiger partial charge in [0.25, 0.3) is 0 Å². The third kappa shape index (κ3) is 1.26. The van der Waals surface area contributed by atoms with Crippen LogP contribution < -0.4 is 0 Å². The molecule has 0 amide bonds. The van der Waals surface area contributed by atoms with Crippen LogP contribution in [0.5, 0.6) is 0 Å². The lowest BCUT2D eigenvalue weighted by Gasteiger charge is -1.84. The second kappa shape index (κ2) is 3.03. The Kier molecular flexibility index (Phi) is 2.50. The van der Waals surface area contributed by atoms with Gasteiger partial charge in [-0.2, -0.15) is 0 Å². The van der Waals surface area contributed by atoms with Crippen molar-refractivity contribution in [3.05, 3.63) is 19.2 Å². The number of carbonyl (C=O) groups excluding carboxylic acids is 1. The van der Waals surface area contributed by atoms with Gasteiger partial charge in [-0.1, -0.05) is 11.6 Å². The average Bonchev–Trinajstić information content (AvgIpc) is 2.09. The molecule has 0 saturated heterocycles. The smallest absolute Gasteiger partial charge is 0.152 e. The van der Waals surface area contributed by atoms with Crippen molar-refractivity contribution in [3.8, 4) is 0 Å². The number of rotatable bonds is 1. The van der Waals surface area contributed by atoms with Crippen molar-refractivity contribution in [1.82, 2.24) is 0 Å². The number of aryl methyl sites for hydroxylation is 1. The van der Waals surface area contributed by atoms with E-state index in [-0.39, 0.29) is 0 Å². The lowest BCUT2D eigenvalue weighted by Crippen LogP contribution is -1.77. The van der Waals surface area contributed by atoms with E-state index in [0.29, 0.717) is 14.4 Å². The van der Waals surface area contributed by atoms with Crippen molar-refractivity contribution in [3.63, 3.8) is 0 Å². The molecule has 1 rings (SSSR count). The number of hydrogen-bond acceptors (Lipinski definition) is 2. The van der Waals surface area contributed by atoms with Gasteiger partial charge in [0, 0.05) is 10.4 Å². The first-order valence-electron chi connectivity index (χ1n) is 2.56. The van der Waals surface area contributed by atoms with Crippen molar-refractivity contribution in [2.24, 2.45) is 0 Å². The molecule has 0 spiro atoms. The van der Waals surface area contributed by atoms with Crippen molar-refractivity contribution < 1.29 is 4.79 Å². The topological polar surface area (TPSA) is 17.1 Å². The minimum Gasteiger partial charge on any atom is -0.298 e. The van der Waals surface area contributed by atoms with E-state index < -0.39 is 0 Å². The summed E-state index contributed by atoms with van der Waals surface area (Å²) in [5, 5.41) is 0. The molecule has 1 heterocycles. The van der Waals surface area contributed by atoms with Gasteiger partial charge in [0.1, 0.15) is 4.34 Å². The Morgan fingerprint density at radius 1 is 1.70 bits per heavy atom. The molecule has 1 nitrogen and oxygen atoms in total. The highest BCUT2D eigenvalue weighted by molar-refractivity contribution is 9.10. The van der Waals surface area contributed by atoms with Gasteiger partial charge < -0.3 is 0 Å². The van der Waals surface area contributed by atoms with Crippen molar-refractivity contribution in [2.45, 2.75) is 6.92 Å². The first-order chi connectivity index (χ1) is 4.66. The van der Waals surface area contributed by atoms with Crippen molar-refractivity contribution >= 4 is 45.2 Å². The van der Waals surface area contributed by atoms with Crippen molar-refractivity contribution in [2.75, 3.05) is 0 Å². The predicted molar refractivity (Wildman–Crippen MR) is 47.2 cm³/mol. The molecular weight excluding hydrogens is 235 g/mol. The first-order valence-corrected chi connectivity index (χ1v) is 4.55. The van der Waals surface area contributed by atoms with E-state index in [4.69, 9.17) is 11.6 Å². The Bertz CT molecular complexity index is 269. The molecule has 4 heteroatoms. The Labute approximate surface area is 76.1 Å². The minimum absolute atomic E-state index is 0.639. The van der Waals surface area contributed by atoms with Crippen LogP contribution in [0.25, 0.3) is 0 Å². The second-order valence-corrected chi connectivity index (χ2v) is 4.40. The zero-order chi connectivity index (χ0) is 7.72. The molecule has 0 bridgehead atoms. The van der Waals surface area contributed by atoms with Crippen LogP contribution in [-0.2, 0) is 0 Å². The molecular formula is C6H4BrClOS. The molecule has 1 aromatic heterocycles. The number of hydrogen-bond donors (Lipinski definition) is 0. The molecule has 10 heavy (non-hydrogen) atoms. The predicted octanol–water partition coefficient (Wildman–Crippen LogP) is 3.28. The number of carbonyl (C=O) groups is 1.